The summed E-state index contributed by atoms with van der Waals surface area (Å²) in [4.78, 5) is 11.5. The van der Waals surface area contributed by atoms with Gasteiger partial charge in [-0.2, -0.15) is 0 Å². The van der Waals surface area contributed by atoms with Crippen molar-refractivity contribution >= 4 is 5.97 Å². The van der Waals surface area contributed by atoms with Gasteiger partial charge in [-0.3, -0.25) is 4.79 Å². The number of hydrogen-bond donors (Lipinski definition) is 2. The maximum absolute atomic E-state index is 11.5. The van der Waals surface area contributed by atoms with E-state index >= 15 is 0 Å². The second kappa shape index (κ2) is 18.0. The van der Waals surface area contributed by atoms with E-state index in [0.29, 0.717) is 26.0 Å². The molecule has 0 saturated carbocycles. The summed E-state index contributed by atoms with van der Waals surface area (Å²) in [5.41, 5.74) is 0. The van der Waals surface area contributed by atoms with Crippen LogP contribution in [0.2, 0.25) is 0 Å². The van der Waals surface area contributed by atoms with Gasteiger partial charge in [0, 0.05) is 25.8 Å². The van der Waals surface area contributed by atoms with Gasteiger partial charge in [0.05, 0.1) is 6.61 Å². The summed E-state index contributed by atoms with van der Waals surface area (Å²) in [6.07, 6.45) is 9.85. The molecule has 0 aliphatic rings. The van der Waals surface area contributed by atoms with E-state index in [4.69, 9.17) is 9.84 Å². The molecule has 0 radical (unpaired) electrons. The molecule has 4 nitrogen and oxygen atoms in total. The smallest absolute Gasteiger partial charge is 0.305 e. The molecule has 0 spiro atoms. The van der Waals surface area contributed by atoms with Gasteiger partial charge in [-0.25, -0.2) is 0 Å². The number of ether oxygens (including phenoxy) is 1. The van der Waals surface area contributed by atoms with Crippen molar-refractivity contribution < 1.29 is 14.6 Å². The minimum absolute atomic E-state index is 0.0972. The molecule has 0 aliphatic heterocycles. The second-order valence-electron chi connectivity index (χ2n) is 5.42. The molecular weight excluding hydrogens is 278 g/mol. The normalized spacial score (nSPS) is 10.1. The minimum Gasteiger partial charge on any atom is -0.465 e. The molecule has 0 aliphatic carbocycles. The van der Waals surface area contributed by atoms with Crippen molar-refractivity contribution in [2.24, 2.45) is 0 Å². The fourth-order valence-corrected chi connectivity index (χ4v) is 1.98. The Hall–Kier alpha value is -1.05. The molecule has 0 aromatic carbocycles. The summed E-state index contributed by atoms with van der Waals surface area (Å²) >= 11 is 0. The SMILES string of the molecule is CCCCC#CCCOC(=O)CCCCCCCNCCO. The van der Waals surface area contributed by atoms with E-state index in [1.165, 1.54) is 12.8 Å². The average molecular weight is 311 g/mol. The molecule has 128 valence electrons. The lowest BCUT2D eigenvalue weighted by atomic mass is 10.1. The standard InChI is InChI=1S/C18H33NO3/c1-2-3-4-5-9-12-17-22-18(21)13-10-7-6-8-11-14-19-15-16-20/h19-20H,2-4,6-8,10-17H2,1H3. The molecule has 0 rings (SSSR count). The molecule has 0 heterocycles. The molecule has 22 heavy (non-hydrogen) atoms. The number of hydrogen-bond acceptors (Lipinski definition) is 4. The molecule has 4 heteroatoms. The average Bonchev–Trinajstić information content (AvgIpc) is 2.52. The lowest BCUT2D eigenvalue weighted by Gasteiger charge is -2.04. The third-order valence-electron chi connectivity index (χ3n) is 3.29. The van der Waals surface area contributed by atoms with Gasteiger partial charge in [0.15, 0.2) is 0 Å². The number of aliphatic hydroxyl groups is 1. The number of aliphatic hydroxyl groups excluding tert-OH is 1. The second-order valence-corrected chi connectivity index (χ2v) is 5.42. The third-order valence-corrected chi connectivity index (χ3v) is 3.29. The van der Waals surface area contributed by atoms with Crippen LogP contribution in [0.25, 0.3) is 0 Å². The summed E-state index contributed by atoms with van der Waals surface area (Å²) in [6, 6.07) is 0. The predicted octanol–water partition coefficient (Wildman–Crippen LogP) is 3.04. The van der Waals surface area contributed by atoms with E-state index in [9.17, 15) is 4.79 Å². The number of carbonyl (C=O) groups excluding carboxylic acids is 1. The summed E-state index contributed by atoms with van der Waals surface area (Å²) in [6.45, 7) is 4.41. The largest absolute Gasteiger partial charge is 0.465 e. The molecule has 2 N–H and O–H groups in total. The highest BCUT2D eigenvalue weighted by Crippen LogP contribution is 2.06. The van der Waals surface area contributed by atoms with Crippen LogP contribution in [0, 0.1) is 11.8 Å². The summed E-state index contributed by atoms with van der Waals surface area (Å²) < 4.78 is 5.15. The molecule has 0 aromatic heterocycles. The van der Waals surface area contributed by atoms with E-state index in [1.807, 2.05) is 0 Å². The van der Waals surface area contributed by atoms with Crippen LogP contribution in [-0.2, 0) is 9.53 Å². The molecule has 0 bridgehead atoms. The maximum atomic E-state index is 11.5. The number of esters is 1. The number of unbranched alkanes of at least 4 members (excludes halogenated alkanes) is 6. The van der Waals surface area contributed by atoms with Gasteiger partial charge in [-0.15, -0.1) is 5.92 Å². The van der Waals surface area contributed by atoms with Gasteiger partial charge in [0.1, 0.15) is 6.61 Å². The highest BCUT2D eigenvalue weighted by Gasteiger charge is 2.01. The van der Waals surface area contributed by atoms with Crippen molar-refractivity contribution in [2.75, 3.05) is 26.3 Å². The minimum atomic E-state index is -0.0972. The summed E-state index contributed by atoms with van der Waals surface area (Å²) in [7, 11) is 0. The first kappa shape index (κ1) is 20.9. The number of nitrogens with one attached hydrogen (secondary N) is 1. The zero-order chi connectivity index (χ0) is 16.3. The van der Waals surface area contributed by atoms with Gasteiger partial charge in [-0.05, 0) is 25.8 Å². The van der Waals surface area contributed by atoms with Crippen LogP contribution >= 0.6 is 0 Å². The van der Waals surface area contributed by atoms with Crippen LogP contribution in [0.3, 0.4) is 0 Å². The Labute approximate surface area is 136 Å². The van der Waals surface area contributed by atoms with Gasteiger partial charge >= 0.3 is 5.97 Å². The maximum Gasteiger partial charge on any atom is 0.305 e. The number of carbonyl (C=O) groups is 1. The Morgan fingerprint density at radius 1 is 1.00 bits per heavy atom. The van der Waals surface area contributed by atoms with Crippen LogP contribution in [0.5, 0.6) is 0 Å². The Balaban J connectivity index is 3.23. The van der Waals surface area contributed by atoms with E-state index in [-0.39, 0.29) is 12.6 Å². The van der Waals surface area contributed by atoms with Crippen LogP contribution in [0.4, 0.5) is 0 Å². The van der Waals surface area contributed by atoms with E-state index in [0.717, 1.165) is 45.1 Å². The lowest BCUT2D eigenvalue weighted by molar-refractivity contribution is -0.143. The fourth-order valence-electron chi connectivity index (χ4n) is 1.98. The van der Waals surface area contributed by atoms with Gasteiger partial charge in [0.25, 0.3) is 0 Å². The highest BCUT2D eigenvalue weighted by molar-refractivity contribution is 5.69. The van der Waals surface area contributed by atoms with Crippen LogP contribution in [0.1, 0.15) is 71.1 Å². The van der Waals surface area contributed by atoms with Crippen LogP contribution < -0.4 is 5.32 Å². The van der Waals surface area contributed by atoms with Crippen molar-refractivity contribution in [2.45, 2.75) is 71.1 Å². The first-order valence-electron chi connectivity index (χ1n) is 8.74. The Kier molecular flexibility index (Phi) is 17.1. The first-order chi connectivity index (χ1) is 10.8. The van der Waals surface area contributed by atoms with Crippen molar-refractivity contribution in [3.05, 3.63) is 0 Å². The molecule has 0 fully saturated rings. The monoisotopic (exact) mass is 311 g/mol. The Morgan fingerprint density at radius 2 is 1.73 bits per heavy atom. The van der Waals surface area contributed by atoms with Gasteiger partial charge in [-0.1, -0.05) is 38.5 Å². The lowest BCUT2D eigenvalue weighted by Crippen LogP contribution is -2.19. The highest BCUT2D eigenvalue weighted by atomic mass is 16.5. The van der Waals surface area contributed by atoms with Crippen molar-refractivity contribution in [1.29, 1.82) is 0 Å². The molecule has 0 amide bonds. The van der Waals surface area contributed by atoms with Crippen molar-refractivity contribution in [3.8, 4) is 11.8 Å². The third kappa shape index (κ3) is 17.0. The zero-order valence-electron chi connectivity index (χ0n) is 14.2. The Morgan fingerprint density at radius 3 is 2.50 bits per heavy atom. The molecule has 0 atom stereocenters. The van der Waals surface area contributed by atoms with E-state index < -0.39 is 0 Å². The zero-order valence-corrected chi connectivity index (χ0v) is 14.2. The number of rotatable bonds is 14. The fraction of sp³-hybridized carbons (Fsp3) is 0.833. The quantitative estimate of drug-likeness (QED) is 0.294. The first-order valence-corrected chi connectivity index (χ1v) is 8.74. The van der Waals surface area contributed by atoms with Crippen molar-refractivity contribution in [3.63, 3.8) is 0 Å². The molecule has 0 aromatic rings. The van der Waals surface area contributed by atoms with Crippen molar-refractivity contribution in [1.82, 2.24) is 5.32 Å². The van der Waals surface area contributed by atoms with E-state index in [1.54, 1.807) is 0 Å². The van der Waals surface area contributed by atoms with Gasteiger partial charge in [0.2, 0.25) is 0 Å². The molecule has 0 unspecified atom stereocenters. The van der Waals surface area contributed by atoms with Crippen LogP contribution in [0.15, 0.2) is 0 Å². The van der Waals surface area contributed by atoms with E-state index in [2.05, 4.69) is 24.1 Å². The van der Waals surface area contributed by atoms with Crippen LogP contribution in [-0.4, -0.2) is 37.4 Å². The summed E-state index contributed by atoms with van der Waals surface area (Å²) in [5, 5.41) is 11.8. The topological polar surface area (TPSA) is 58.6 Å². The molecule has 0 saturated heterocycles. The van der Waals surface area contributed by atoms with Gasteiger partial charge < -0.3 is 15.2 Å². The predicted molar refractivity (Wildman–Crippen MR) is 90.5 cm³/mol. The Bertz CT molecular complexity index is 307. The summed E-state index contributed by atoms with van der Waals surface area (Å²) in [5.74, 6) is 6.02. The molecular formula is C18H33NO3.